The molecular formula is C19H12Cl2N8. The van der Waals surface area contributed by atoms with Crippen molar-refractivity contribution in [1.82, 2.24) is 29.7 Å². The van der Waals surface area contributed by atoms with E-state index in [-0.39, 0.29) is 0 Å². The van der Waals surface area contributed by atoms with E-state index in [4.69, 9.17) is 28.5 Å². The van der Waals surface area contributed by atoms with Crippen LogP contribution in [-0.2, 0) is 6.42 Å². The molecule has 0 unspecified atom stereocenters. The minimum absolute atomic E-state index is 0.298. The monoisotopic (exact) mass is 422 g/mol. The van der Waals surface area contributed by atoms with E-state index in [9.17, 15) is 0 Å². The number of benzene rings is 2. The van der Waals surface area contributed by atoms with Crippen LogP contribution >= 0.6 is 23.2 Å². The van der Waals surface area contributed by atoms with Gasteiger partial charge in [0.15, 0.2) is 0 Å². The fourth-order valence-corrected chi connectivity index (χ4v) is 3.10. The summed E-state index contributed by atoms with van der Waals surface area (Å²) in [7, 11) is 0. The van der Waals surface area contributed by atoms with Gasteiger partial charge >= 0.3 is 0 Å². The minimum atomic E-state index is 0.298. The van der Waals surface area contributed by atoms with Crippen LogP contribution < -0.4 is 5.32 Å². The fourth-order valence-electron chi connectivity index (χ4n) is 2.57. The van der Waals surface area contributed by atoms with Crippen LogP contribution in [0.5, 0.6) is 0 Å². The van der Waals surface area contributed by atoms with Gasteiger partial charge in [-0.25, -0.2) is 4.98 Å². The molecule has 0 saturated heterocycles. The molecular weight excluding hydrogens is 411 g/mol. The van der Waals surface area contributed by atoms with Gasteiger partial charge in [-0.3, -0.25) is 0 Å². The summed E-state index contributed by atoms with van der Waals surface area (Å²) in [6.45, 7) is 0. The fraction of sp³-hybridized carbons (Fsp3) is 0.0526. The van der Waals surface area contributed by atoms with Gasteiger partial charge < -0.3 is 5.32 Å². The molecule has 142 valence electrons. The van der Waals surface area contributed by atoms with E-state index in [1.807, 2.05) is 0 Å². The van der Waals surface area contributed by atoms with Crippen LogP contribution in [-0.4, -0.2) is 29.7 Å². The number of halogens is 2. The topological polar surface area (TPSA) is 105 Å². The van der Waals surface area contributed by atoms with E-state index in [1.165, 1.54) is 17.3 Å². The Morgan fingerprint density at radius 3 is 2.41 bits per heavy atom. The number of aromatic nitrogens is 6. The Balaban J connectivity index is 1.72. The molecule has 2 aromatic heterocycles. The number of rotatable bonds is 5. The van der Waals surface area contributed by atoms with Gasteiger partial charge in [-0.1, -0.05) is 29.3 Å². The molecule has 0 aliphatic rings. The maximum absolute atomic E-state index is 8.94. The van der Waals surface area contributed by atoms with Crippen molar-refractivity contribution in [2.24, 2.45) is 0 Å². The lowest BCUT2D eigenvalue weighted by atomic mass is 10.1. The van der Waals surface area contributed by atoms with Crippen molar-refractivity contribution in [3.8, 4) is 12.0 Å². The van der Waals surface area contributed by atoms with Crippen molar-refractivity contribution in [1.29, 1.82) is 5.26 Å². The molecule has 10 heteroatoms. The molecule has 0 aliphatic heterocycles. The molecule has 8 nitrogen and oxygen atoms in total. The van der Waals surface area contributed by atoms with Crippen LogP contribution in [0.3, 0.4) is 0 Å². The molecule has 0 bridgehead atoms. The molecule has 0 fully saturated rings. The Morgan fingerprint density at radius 1 is 1.00 bits per heavy atom. The summed E-state index contributed by atoms with van der Waals surface area (Å²) in [5, 5.41) is 17.2. The third kappa shape index (κ3) is 4.32. The normalized spacial score (nSPS) is 10.5. The largest absolute Gasteiger partial charge is 0.324 e. The Morgan fingerprint density at radius 2 is 1.76 bits per heavy atom. The predicted molar refractivity (Wildman–Crippen MR) is 108 cm³/mol. The first-order chi connectivity index (χ1) is 14.1. The van der Waals surface area contributed by atoms with Gasteiger partial charge in [0.2, 0.25) is 5.95 Å². The van der Waals surface area contributed by atoms with Crippen molar-refractivity contribution in [3.05, 3.63) is 82.1 Å². The number of hydrogen-bond donors (Lipinski definition) is 1. The molecule has 29 heavy (non-hydrogen) atoms. The highest BCUT2D eigenvalue weighted by Gasteiger charge is 2.13. The second-order valence-electron chi connectivity index (χ2n) is 5.91. The van der Waals surface area contributed by atoms with Crippen molar-refractivity contribution in [2.45, 2.75) is 6.42 Å². The number of hydrogen-bond acceptors (Lipinski definition) is 7. The molecule has 1 N–H and O–H groups in total. The molecule has 4 aromatic rings. The summed E-state index contributed by atoms with van der Waals surface area (Å²) in [4.78, 5) is 17.3. The van der Waals surface area contributed by atoms with Crippen molar-refractivity contribution in [2.75, 3.05) is 5.32 Å². The lowest BCUT2D eigenvalue weighted by molar-refractivity contribution is 0.775. The first-order valence-corrected chi connectivity index (χ1v) is 9.18. The summed E-state index contributed by atoms with van der Waals surface area (Å²) in [5.41, 5.74) is 2.00. The first kappa shape index (κ1) is 18.8. The highest BCUT2D eigenvalue weighted by molar-refractivity contribution is 6.36. The van der Waals surface area contributed by atoms with E-state index in [1.54, 1.807) is 42.5 Å². The molecule has 2 aromatic carbocycles. The molecule has 0 saturated carbocycles. The third-order valence-electron chi connectivity index (χ3n) is 3.96. The summed E-state index contributed by atoms with van der Waals surface area (Å²) < 4.78 is 1.43. The summed E-state index contributed by atoms with van der Waals surface area (Å²) in [6.07, 6.45) is 3.19. The van der Waals surface area contributed by atoms with E-state index >= 15 is 0 Å². The molecule has 0 aliphatic carbocycles. The van der Waals surface area contributed by atoms with Crippen LogP contribution in [0.4, 0.5) is 11.6 Å². The first-order valence-electron chi connectivity index (χ1n) is 8.42. The molecule has 0 amide bonds. The Labute approximate surface area is 175 Å². The zero-order chi connectivity index (χ0) is 20.2. The van der Waals surface area contributed by atoms with Gasteiger partial charge in [0.25, 0.3) is 5.95 Å². The lowest BCUT2D eigenvalue weighted by Gasteiger charge is -2.10. The number of nitrogens with zero attached hydrogens (tertiary/aromatic N) is 7. The van der Waals surface area contributed by atoms with Gasteiger partial charge in [-0.2, -0.15) is 30.0 Å². The van der Waals surface area contributed by atoms with Gasteiger partial charge in [0.05, 0.1) is 11.6 Å². The average Bonchev–Trinajstić information content (AvgIpc) is 3.26. The maximum atomic E-state index is 8.94. The van der Waals surface area contributed by atoms with E-state index in [2.05, 4.69) is 36.4 Å². The molecule has 0 spiro atoms. The standard InChI is InChI=1S/C19H12Cl2N8/c20-15-2-1-3-16(21)14(15)8-17-26-18(25-13-6-4-12(9-22)5-7-13)28-19(27-17)29-11-23-10-24-29/h1-7,10-11H,8H2,(H,25,26,27,28). The zero-order valence-electron chi connectivity index (χ0n) is 14.8. The van der Waals surface area contributed by atoms with E-state index in [0.29, 0.717) is 39.8 Å². The summed E-state index contributed by atoms with van der Waals surface area (Å²) in [5.74, 6) is 1.07. The Hall–Kier alpha value is -3.54. The second kappa shape index (κ2) is 8.22. The smallest absolute Gasteiger partial charge is 0.257 e. The highest BCUT2D eigenvalue weighted by atomic mass is 35.5. The quantitative estimate of drug-likeness (QED) is 0.518. The molecule has 4 rings (SSSR count). The average molecular weight is 423 g/mol. The van der Waals surface area contributed by atoms with Crippen molar-refractivity contribution < 1.29 is 0 Å². The minimum Gasteiger partial charge on any atom is -0.324 e. The van der Waals surface area contributed by atoms with Gasteiger partial charge in [-0.05, 0) is 42.0 Å². The summed E-state index contributed by atoms with van der Waals surface area (Å²) in [6, 6.07) is 14.3. The van der Waals surface area contributed by atoms with Crippen LogP contribution in [0, 0.1) is 11.3 Å². The van der Waals surface area contributed by atoms with E-state index < -0.39 is 0 Å². The maximum Gasteiger partial charge on any atom is 0.257 e. The molecule has 0 radical (unpaired) electrons. The summed E-state index contributed by atoms with van der Waals surface area (Å²) >= 11 is 12.6. The molecule has 0 atom stereocenters. The number of nitrogens with one attached hydrogen (secondary N) is 1. The van der Waals surface area contributed by atoms with Crippen LogP contribution in [0.2, 0.25) is 10.0 Å². The number of anilines is 2. The predicted octanol–water partition coefficient (Wildman–Crippen LogP) is 3.97. The second-order valence-corrected chi connectivity index (χ2v) is 6.72. The van der Waals surface area contributed by atoms with Crippen molar-refractivity contribution >= 4 is 34.8 Å². The van der Waals surface area contributed by atoms with Crippen LogP contribution in [0.15, 0.2) is 55.1 Å². The van der Waals surface area contributed by atoms with E-state index in [0.717, 1.165) is 11.3 Å². The molecule has 2 heterocycles. The Bertz CT molecular complexity index is 1160. The van der Waals surface area contributed by atoms with Crippen LogP contribution in [0.25, 0.3) is 5.95 Å². The third-order valence-corrected chi connectivity index (χ3v) is 4.67. The van der Waals surface area contributed by atoms with Crippen molar-refractivity contribution in [3.63, 3.8) is 0 Å². The number of nitriles is 1. The van der Waals surface area contributed by atoms with Gasteiger partial charge in [0, 0.05) is 22.2 Å². The van der Waals surface area contributed by atoms with Gasteiger partial charge in [0.1, 0.15) is 18.5 Å². The Kier molecular flexibility index (Phi) is 5.33. The highest BCUT2D eigenvalue weighted by Crippen LogP contribution is 2.26. The lowest BCUT2D eigenvalue weighted by Crippen LogP contribution is -2.10. The zero-order valence-corrected chi connectivity index (χ0v) is 16.3. The SMILES string of the molecule is N#Cc1ccc(Nc2nc(Cc3c(Cl)cccc3Cl)nc(-n3cncn3)n2)cc1. The van der Waals surface area contributed by atoms with Gasteiger partial charge in [-0.15, -0.1) is 0 Å². The van der Waals surface area contributed by atoms with Crippen LogP contribution in [0.1, 0.15) is 17.0 Å².